The van der Waals surface area contributed by atoms with E-state index in [1.165, 1.54) is 21.3 Å². The Kier molecular flexibility index (Phi) is 40.6. The summed E-state index contributed by atoms with van der Waals surface area (Å²) in [5.74, 6) is -5.39. The predicted octanol–water partition coefficient (Wildman–Crippen LogP) is 15.0. The van der Waals surface area contributed by atoms with Crippen LogP contribution in [0.15, 0.2) is 273 Å². The first-order chi connectivity index (χ1) is 64.0. The molecule has 0 bridgehead atoms. The third-order valence-electron chi connectivity index (χ3n) is 22.5. The number of amides is 6. The third kappa shape index (κ3) is 32.4. The van der Waals surface area contributed by atoms with E-state index in [2.05, 4.69) is 16.0 Å². The van der Waals surface area contributed by atoms with Gasteiger partial charge in [-0.15, -0.1) is 0 Å². The molecule has 9 aromatic rings. The summed E-state index contributed by atoms with van der Waals surface area (Å²) in [6.45, 7) is 2.70. The number of carbonyl (C=O) groups is 12. The quantitative estimate of drug-likeness (QED) is 0.0408. The lowest BCUT2D eigenvalue weighted by atomic mass is 9.90. The maximum absolute atomic E-state index is 13.7. The summed E-state index contributed by atoms with van der Waals surface area (Å²) in [5.41, 5.74) is 6.69. The number of methoxy groups -OCH3 is 4. The summed E-state index contributed by atoms with van der Waals surface area (Å²) in [6.07, 6.45) is 12.8. The minimum Gasteiger partial charge on any atom is -0.497 e. The lowest BCUT2D eigenvalue weighted by molar-refractivity contribution is -0.146. The first-order valence-corrected chi connectivity index (χ1v) is 44.7. The number of Topliss-reactive ketones (excluding diaryl/α,β-unsaturated/α-hetero) is 3. The molecule has 0 saturated heterocycles. The lowest BCUT2D eigenvalue weighted by Gasteiger charge is -2.24. The smallest absolute Gasteiger partial charge is 0.328 e. The molecule has 27 heteroatoms. The van der Waals surface area contributed by atoms with Gasteiger partial charge in [-0.3, -0.25) is 43.2 Å². The van der Waals surface area contributed by atoms with Crippen LogP contribution in [0.1, 0.15) is 122 Å². The number of fused-ring (bicyclic) bond motifs is 3. The van der Waals surface area contributed by atoms with Gasteiger partial charge in [-0.1, -0.05) is 217 Å². The zero-order valence-corrected chi connectivity index (χ0v) is 76.1. The molecule has 0 radical (unpaired) electrons. The van der Waals surface area contributed by atoms with E-state index in [-0.39, 0.29) is 132 Å². The van der Waals surface area contributed by atoms with Crippen LogP contribution in [0, 0.1) is 17.8 Å². The zero-order chi connectivity index (χ0) is 93.9. The number of rotatable bonds is 18. The van der Waals surface area contributed by atoms with Gasteiger partial charge in [-0.2, -0.15) is 0 Å². The van der Waals surface area contributed by atoms with Gasteiger partial charge in [0.15, 0.2) is 17.3 Å². The second-order valence-electron chi connectivity index (χ2n) is 31.8. The fourth-order valence-corrected chi connectivity index (χ4v) is 15.5. The van der Waals surface area contributed by atoms with Crippen LogP contribution in [0.5, 0.6) is 23.0 Å². The normalized spacial score (nSPS) is 19.2. The molecule has 3 aliphatic heterocycles. The Hall–Kier alpha value is -13.8. The van der Waals surface area contributed by atoms with E-state index < -0.39 is 71.5 Å². The van der Waals surface area contributed by atoms with Crippen LogP contribution < -0.4 is 34.9 Å². The maximum atomic E-state index is 13.7. The van der Waals surface area contributed by atoms with Crippen molar-refractivity contribution >= 4 is 93.9 Å². The fourth-order valence-electron chi connectivity index (χ4n) is 15.2. The summed E-state index contributed by atoms with van der Waals surface area (Å²) in [4.78, 5) is 165. The summed E-state index contributed by atoms with van der Waals surface area (Å²) < 4.78 is 38.0. The monoisotopic (exact) mass is 1830 g/mol. The number of nitrogens with one attached hydrogen (secondary N) is 3. The molecule has 0 aromatic heterocycles. The molecule has 6 amide bonds. The number of halogens is 2. The largest absolute Gasteiger partial charge is 0.497 e. The molecule has 25 nitrogen and oxygen atoms in total. The Morgan fingerprint density at radius 1 is 0.348 bits per heavy atom. The highest BCUT2D eigenvalue weighted by atomic mass is 35.5. The minimum absolute atomic E-state index is 0.00569. The molecule has 0 spiro atoms. The molecule has 3 aliphatic rings. The molecule has 0 saturated carbocycles. The van der Waals surface area contributed by atoms with Gasteiger partial charge < -0.3 is 63.8 Å². The molecule has 690 valence electrons. The van der Waals surface area contributed by atoms with Gasteiger partial charge in [0, 0.05) is 106 Å². The molecular formula is C105H112Cl2N6O19. The number of benzene rings is 9. The molecule has 3 N–H and O–H groups in total. The number of ether oxygens (including phenoxy) is 7. The second-order valence-corrected chi connectivity index (χ2v) is 32.7. The number of para-hydroxylation sites is 1. The summed E-state index contributed by atoms with van der Waals surface area (Å²) >= 11 is 12.5. The van der Waals surface area contributed by atoms with Crippen LogP contribution in [0.2, 0.25) is 10.0 Å². The predicted molar refractivity (Wildman–Crippen MR) is 502 cm³/mol. The van der Waals surface area contributed by atoms with Crippen molar-refractivity contribution in [2.75, 3.05) is 81.0 Å². The highest BCUT2D eigenvalue weighted by molar-refractivity contribution is 6.31. The number of ketones is 3. The molecule has 132 heavy (non-hydrogen) atoms. The molecule has 3 heterocycles. The Labute approximate surface area is 780 Å². The average Bonchev–Trinajstić information content (AvgIpc) is 0.976. The first-order valence-electron chi connectivity index (χ1n) is 44.0. The van der Waals surface area contributed by atoms with E-state index in [0.29, 0.717) is 102 Å². The fraction of sp³-hybridized carbons (Fsp3) is 0.314. The van der Waals surface area contributed by atoms with E-state index in [4.69, 9.17) is 56.4 Å². The van der Waals surface area contributed by atoms with Gasteiger partial charge in [0.1, 0.15) is 60.9 Å². The van der Waals surface area contributed by atoms with Crippen LogP contribution in [0.25, 0.3) is 0 Å². The number of hydrogen-bond acceptors (Lipinski definition) is 19. The van der Waals surface area contributed by atoms with Gasteiger partial charge in [0.25, 0.3) is 0 Å². The lowest BCUT2D eigenvalue weighted by Crippen LogP contribution is -2.46. The van der Waals surface area contributed by atoms with Crippen molar-refractivity contribution in [1.29, 1.82) is 0 Å². The molecule has 9 aromatic carbocycles. The number of carbonyl (C=O) groups excluding carboxylic acids is 12. The zero-order valence-electron chi connectivity index (χ0n) is 74.6. The molecular weight excluding hydrogens is 1720 g/mol. The number of esters is 3. The van der Waals surface area contributed by atoms with Crippen molar-refractivity contribution in [1.82, 2.24) is 30.7 Å². The van der Waals surface area contributed by atoms with Crippen molar-refractivity contribution < 1.29 is 90.7 Å². The van der Waals surface area contributed by atoms with Crippen LogP contribution in [-0.2, 0) is 96.0 Å². The molecule has 6 atom stereocenters. The van der Waals surface area contributed by atoms with Crippen LogP contribution in [-0.4, -0.2) is 185 Å². The van der Waals surface area contributed by atoms with E-state index >= 15 is 0 Å². The maximum Gasteiger partial charge on any atom is 0.328 e. The van der Waals surface area contributed by atoms with Crippen LogP contribution in [0.4, 0.5) is 0 Å². The van der Waals surface area contributed by atoms with Crippen LogP contribution in [0.3, 0.4) is 0 Å². The molecule has 0 unspecified atom stereocenters. The van der Waals surface area contributed by atoms with Gasteiger partial charge in [-0.05, 0) is 164 Å². The van der Waals surface area contributed by atoms with Crippen LogP contribution >= 0.6 is 23.2 Å². The highest BCUT2D eigenvalue weighted by Crippen LogP contribution is 2.32. The summed E-state index contributed by atoms with van der Waals surface area (Å²) in [5, 5.41) is 9.14. The SMILES string of the molecule is COC(=O)[C@@H]1CCC(=O)N(CCc2ccccc2)C/C=C/COc2cc(Cl)ccc2C(=O)C[C@H](Cc2ccccc2)C(=O)N1.COC(=O)[C@@H]1CCC(=O)N(CCc2ccccc2)C/C=C\COc2cc(Cl)ccc2C(=O)C[C@H](Cc2ccccc2)C(=O)N1.COC(=O)[C@@H]1CCC(=O)N(Cc2ccc(OC)cc2)C/C=C/COc2ccccc2C(=O)C[C@H](Cc2ccccc2)C(=O)N1. The second kappa shape index (κ2) is 53.4. The van der Waals surface area contributed by atoms with Crippen molar-refractivity contribution in [3.8, 4) is 23.0 Å². The molecule has 0 aliphatic carbocycles. The van der Waals surface area contributed by atoms with Gasteiger partial charge in [0.2, 0.25) is 35.4 Å². The van der Waals surface area contributed by atoms with E-state index in [0.717, 1.165) is 33.4 Å². The summed E-state index contributed by atoms with van der Waals surface area (Å²) in [7, 11) is 5.31. The van der Waals surface area contributed by atoms with Crippen molar-refractivity contribution in [2.45, 2.75) is 115 Å². The highest BCUT2D eigenvalue weighted by Gasteiger charge is 2.35. The molecule has 0 fully saturated rings. The van der Waals surface area contributed by atoms with E-state index in [9.17, 15) is 57.5 Å². The minimum atomic E-state index is -1.06. The Morgan fingerprint density at radius 3 is 1.01 bits per heavy atom. The number of hydrogen-bond donors (Lipinski definition) is 3. The van der Waals surface area contributed by atoms with Crippen molar-refractivity contribution in [3.63, 3.8) is 0 Å². The van der Waals surface area contributed by atoms with Crippen molar-refractivity contribution in [2.24, 2.45) is 17.8 Å². The topological polar surface area (TPSA) is 315 Å². The Balaban J connectivity index is 0.000000205. The van der Waals surface area contributed by atoms with E-state index in [1.807, 2.05) is 194 Å². The Bertz CT molecular complexity index is 5210. The van der Waals surface area contributed by atoms with Gasteiger partial charge in [-0.25, -0.2) is 14.4 Å². The van der Waals surface area contributed by atoms with Gasteiger partial charge in [0.05, 0.1) is 45.1 Å². The standard InChI is InChI=1S/2C35H37ClN2O6.C35H38N2O7/c2*1-43-35(42)30-16-17-33(40)38(20-18-25-10-4-2-5-11-25)19-8-9-21-44-32-24-28(36)14-15-29(32)31(39)23-27(34(41)37-30)22-26-12-6-3-7-13-26;1-42-28-16-14-26(15-17-28)24-37-20-8-9-21-44-32-13-7-6-12-29(32)31(38)23-27(22-25-10-4-3-5-11-25)34(40)36-30(35(41)43-2)18-19-33(37)39/h2*2-15,24,27,30H,16-23H2,1H3,(H,37,41);3-17,27,30H,18-24H2,1-2H3,(H,36,40)/b9-8+;9-8-;9-8+/t3*27-,30-/m000/s1. The van der Waals surface area contributed by atoms with Crippen molar-refractivity contribution in [3.05, 3.63) is 333 Å². The van der Waals surface area contributed by atoms with E-state index in [1.54, 1.807) is 101 Å². The number of nitrogens with zero attached hydrogens (tertiary/aromatic N) is 3. The third-order valence-corrected chi connectivity index (χ3v) is 23.0. The average molecular weight is 1830 g/mol. The first kappa shape index (κ1) is 100. The Morgan fingerprint density at radius 2 is 0.659 bits per heavy atom. The van der Waals surface area contributed by atoms with Gasteiger partial charge >= 0.3 is 17.9 Å². The molecule has 12 rings (SSSR count). The summed E-state index contributed by atoms with van der Waals surface area (Å²) in [6, 6.07) is 68.5.